The van der Waals surface area contributed by atoms with Crippen LogP contribution in [0.4, 0.5) is 0 Å². The number of hydrogen-bond donors (Lipinski definition) is 3. The van der Waals surface area contributed by atoms with Gasteiger partial charge in [-0.1, -0.05) is 18.2 Å². The molecule has 0 heterocycles. The van der Waals surface area contributed by atoms with Crippen LogP contribution in [-0.2, 0) is 0 Å². The van der Waals surface area contributed by atoms with Crippen molar-refractivity contribution in [2.45, 2.75) is 6.04 Å². The van der Waals surface area contributed by atoms with Gasteiger partial charge in [-0.3, -0.25) is 10.2 Å². The van der Waals surface area contributed by atoms with E-state index >= 15 is 0 Å². The van der Waals surface area contributed by atoms with Crippen LogP contribution < -0.4 is 20.3 Å². The molecule has 0 aliphatic rings. The largest absolute Gasteiger partial charge is 0.507 e. The third-order valence-corrected chi connectivity index (χ3v) is 3.35. The molecule has 1 atom stereocenters. The number of ether oxygens (including phenoxy) is 2. The molecular weight excluding hydrogens is 310 g/mol. The predicted molar refractivity (Wildman–Crippen MR) is 86.6 cm³/mol. The lowest BCUT2D eigenvalue weighted by atomic mass is 10.1. The fraction of sp³-hybridized carbons (Fsp3) is 0.176. The molecule has 0 aliphatic heterocycles. The Kier molecular flexibility index (Phi) is 5.60. The number of nitrogens with zero attached hydrogens (tertiary/aromatic N) is 1. The molecule has 0 aliphatic carbocycles. The number of benzene rings is 2. The van der Waals surface area contributed by atoms with Crippen LogP contribution in [0.25, 0.3) is 0 Å². The highest BCUT2D eigenvalue weighted by atomic mass is 16.5. The zero-order chi connectivity index (χ0) is 17.5. The lowest BCUT2D eigenvalue weighted by Crippen LogP contribution is -2.39. The first-order valence-electron chi connectivity index (χ1n) is 7.06. The highest BCUT2D eigenvalue weighted by Gasteiger charge is 2.16. The molecule has 1 amide bonds. The molecule has 2 aromatic carbocycles. The highest BCUT2D eigenvalue weighted by molar-refractivity contribution is 5.96. The summed E-state index contributed by atoms with van der Waals surface area (Å²) in [6, 6.07) is 12.4. The van der Waals surface area contributed by atoms with E-state index in [1.807, 2.05) is 6.07 Å². The van der Waals surface area contributed by atoms with Crippen molar-refractivity contribution in [3.05, 3.63) is 53.6 Å². The van der Waals surface area contributed by atoms with E-state index in [2.05, 4.69) is 10.9 Å². The number of hydrazine groups is 1. The molecule has 2 aromatic rings. The first-order chi connectivity index (χ1) is 11.6. The minimum absolute atomic E-state index is 0.106. The Hall–Kier alpha value is -3.24. The number of nitrogens with one attached hydrogen (secondary N) is 2. The van der Waals surface area contributed by atoms with Crippen LogP contribution in [0.5, 0.6) is 17.2 Å². The summed E-state index contributed by atoms with van der Waals surface area (Å²) in [5.41, 5.74) is 5.74. The number of amides is 1. The van der Waals surface area contributed by atoms with E-state index in [0.29, 0.717) is 17.1 Å². The van der Waals surface area contributed by atoms with Crippen LogP contribution in [0.1, 0.15) is 22.0 Å². The van der Waals surface area contributed by atoms with E-state index in [1.54, 1.807) is 30.3 Å². The Morgan fingerprint density at radius 2 is 1.88 bits per heavy atom. The lowest BCUT2D eigenvalue weighted by Gasteiger charge is -2.15. The minimum Gasteiger partial charge on any atom is -0.507 e. The third kappa shape index (κ3) is 3.74. The highest BCUT2D eigenvalue weighted by Crippen LogP contribution is 2.29. The van der Waals surface area contributed by atoms with Crippen molar-refractivity contribution in [1.82, 2.24) is 10.9 Å². The van der Waals surface area contributed by atoms with Crippen LogP contribution in [0.2, 0.25) is 0 Å². The summed E-state index contributed by atoms with van der Waals surface area (Å²) in [5, 5.41) is 19.0. The van der Waals surface area contributed by atoms with E-state index in [-0.39, 0.29) is 11.3 Å². The van der Waals surface area contributed by atoms with Crippen molar-refractivity contribution in [2.24, 2.45) is 0 Å². The first-order valence-corrected chi connectivity index (χ1v) is 7.06. The molecule has 24 heavy (non-hydrogen) atoms. The molecule has 124 valence electrons. The number of aromatic hydroxyl groups is 1. The topological polar surface area (TPSA) is 104 Å². The molecule has 0 saturated carbocycles. The Labute approximate surface area is 139 Å². The summed E-state index contributed by atoms with van der Waals surface area (Å²) in [5.74, 6) is 0.325. The van der Waals surface area contributed by atoms with E-state index in [4.69, 9.17) is 9.47 Å². The molecule has 0 spiro atoms. The van der Waals surface area contributed by atoms with Gasteiger partial charge in [-0.25, -0.2) is 5.43 Å². The van der Waals surface area contributed by atoms with E-state index in [9.17, 15) is 15.2 Å². The van der Waals surface area contributed by atoms with Gasteiger partial charge in [0.1, 0.15) is 11.8 Å². The Bertz CT molecular complexity index is 771. The minimum atomic E-state index is -0.806. The van der Waals surface area contributed by atoms with Gasteiger partial charge in [0.05, 0.1) is 25.9 Å². The quantitative estimate of drug-likeness (QED) is 0.700. The molecule has 0 radical (unpaired) electrons. The average molecular weight is 327 g/mol. The van der Waals surface area contributed by atoms with Gasteiger partial charge in [0.2, 0.25) is 0 Å². The van der Waals surface area contributed by atoms with Crippen LogP contribution >= 0.6 is 0 Å². The number of carbonyl (C=O) groups is 1. The standard InChI is InChI=1S/C17H17N3O4/c1-23-15-8-7-11(9-16(15)24-2)13(10-18)19-20-17(22)12-5-3-4-6-14(12)21/h3-9,13,19,21H,1-2H3,(H,20,22)/t13-/m1/s1. The summed E-state index contributed by atoms with van der Waals surface area (Å²) in [6.45, 7) is 0. The smallest absolute Gasteiger partial charge is 0.269 e. The SMILES string of the molecule is COc1ccc([C@@H](C#N)NNC(=O)c2ccccc2O)cc1OC. The molecule has 0 unspecified atom stereocenters. The number of para-hydroxylation sites is 1. The zero-order valence-electron chi connectivity index (χ0n) is 13.2. The average Bonchev–Trinajstić information content (AvgIpc) is 2.62. The number of carbonyl (C=O) groups excluding carboxylic acids is 1. The summed E-state index contributed by atoms with van der Waals surface area (Å²) in [6.07, 6.45) is 0. The van der Waals surface area contributed by atoms with Gasteiger partial charge in [0, 0.05) is 0 Å². The van der Waals surface area contributed by atoms with E-state index in [1.165, 1.54) is 26.4 Å². The molecule has 7 nitrogen and oxygen atoms in total. The maximum Gasteiger partial charge on any atom is 0.269 e. The van der Waals surface area contributed by atoms with Crippen LogP contribution in [0.3, 0.4) is 0 Å². The third-order valence-electron chi connectivity index (χ3n) is 3.35. The molecular formula is C17H17N3O4. The predicted octanol–water partition coefficient (Wildman–Crippen LogP) is 1.91. The fourth-order valence-electron chi connectivity index (χ4n) is 2.09. The van der Waals surface area contributed by atoms with Crippen LogP contribution in [0, 0.1) is 11.3 Å². The van der Waals surface area contributed by atoms with Crippen molar-refractivity contribution in [3.8, 4) is 23.3 Å². The second kappa shape index (κ2) is 7.85. The van der Waals surface area contributed by atoms with Crippen molar-refractivity contribution >= 4 is 5.91 Å². The first kappa shape index (κ1) is 17.1. The molecule has 2 rings (SSSR count). The van der Waals surface area contributed by atoms with Crippen LogP contribution in [-0.4, -0.2) is 25.2 Å². The summed E-state index contributed by atoms with van der Waals surface area (Å²) in [7, 11) is 3.01. The van der Waals surface area contributed by atoms with E-state index in [0.717, 1.165) is 0 Å². The Balaban J connectivity index is 2.12. The molecule has 0 saturated heterocycles. The van der Waals surface area contributed by atoms with Gasteiger partial charge in [-0.2, -0.15) is 5.26 Å². The van der Waals surface area contributed by atoms with Crippen molar-refractivity contribution in [1.29, 1.82) is 5.26 Å². The monoisotopic (exact) mass is 327 g/mol. The van der Waals surface area contributed by atoms with Gasteiger partial charge < -0.3 is 14.6 Å². The normalized spacial score (nSPS) is 11.2. The molecule has 7 heteroatoms. The summed E-state index contributed by atoms with van der Waals surface area (Å²) >= 11 is 0. The Morgan fingerprint density at radius 3 is 2.50 bits per heavy atom. The van der Waals surface area contributed by atoms with Gasteiger partial charge in [-0.05, 0) is 29.8 Å². The second-order valence-corrected chi connectivity index (χ2v) is 4.79. The van der Waals surface area contributed by atoms with Crippen molar-refractivity contribution in [2.75, 3.05) is 14.2 Å². The molecule has 0 fully saturated rings. The number of rotatable bonds is 6. The zero-order valence-corrected chi connectivity index (χ0v) is 13.2. The van der Waals surface area contributed by atoms with Crippen molar-refractivity contribution in [3.63, 3.8) is 0 Å². The number of phenolic OH excluding ortho intramolecular Hbond substituents is 1. The van der Waals surface area contributed by atoms with Gasteiger partial charge in [0.15, 0.2) is 11.5 Å². The fourth-order valence-corrected chi connectivity index (χ4v) is 2.09. The number of hydrogen-bond acceptors (Lipinski definition) is 6. The molecule has 0 bridgehead atoms. The molecule has 3 N–H and O–H groups in total. The van der Waals surface area contributed by atoms with E-state index < -0.39 is 11.9 Å². The van der Waals surface area contributed by atoms with Gasteiger partial charge in [0.25, 0.3) is 5.91 Å². The van der Waals surface area contributed by atoms with Crippen LogP contribution in [0.15, 0.2) is 42.5 Å². The summed E-state index contributed by atoms with van der Waals surface area (Å²) < 4.78 is 10.3. The summed E-state index contributed by atoms with van der Waals surface area (Å²) in [4.78, 5) is 12.1. The Morgan fingerprint density at radius 1 is 1.17 bits per heavy atom. The number of methoxy groups -OCH3 is 2. The lowest BCUT2D eigenvalue weighted by molar-refractivity contribution is 0.0926. The maximum atomic E-state index is 12.1. The molecule has 0 aromatic heterocycles. The van der Waals surface area contributed by atoms with Gasteiger partial charge >= 0.3 is 0 Å². The van der Waals surface area contributed by atoms with Crippen molar-refractivity contribution < 1.29 is 19.4 Å². The number of phenols is 1. The second-order valence-electron chi connectivity index (χ2n) is 4.79. The maximum absolute atomic E-state index is 12.1. The van der Waals surface area contributed by atoms with Gasteiger partial charge in [-0.15, -0.1) is 0 Å². The number of nitriles is 1.